The lowest BCUT2D eigenvalue weighted by molar-refractivity contribution is 1.02. The van der Waals surface area contributed by atoms with Gasteiger partial charge >= 0.3 is 0 Å². The highest BCUT2D eigenvalue weighted by Crippen LogP contribution is 2.52. The Morgan fingerprint density at radius 1 is 0.182 bits per heavy atom. The van der Waals surface area contributed by atoms with Crippen molar-refractivity contribution in [3.8, 4) is 46.3 Å². The van der Waals surface area contributed by atoms with Crippen LogP contribution in [-0.4, -0.2) is 27.4 Å². The van der Waals surface area contributed by atoms with E-state index in [9.17, 15) is 10.5 Å². The number of hydrogen-bond donors (Lipinski definition) is 0. The topological polar surface area (TPSA) is 77.2 Å². The van der Waals surface area contributed by atoms with E-state index in [1.807, 2.05) is 0 Å². The number of hydrogen-bond acceptors (Lipinski definition) is 2. The molecule has 19 aromatic rings. The molecule has 0 spiro atoms. The normalized spacial score (nSPS) is 12.1. The fraction of sp³-hybridized carbons (Fsp3) is 0. The Labute approximate surface area is 502 Å². The van der Waals surface area contributed by atoms with Gasteiger partial charge in [0, 0.05) is 76.0 Å². The molecule has 0 N–H and O–H groups in total. The van der Waals surface area contributed by atoms with Crippen molar-refractivity contribution in [3.05, 3.63) is 290 Å². The van der Waals surface area contributed by atoms with Gasteiger partial charge < -0.3 is 27.4 Å². The smallest absolute Gasteiger partial charge is 0.104 e. The summed E-state index contributed by atoms with van der Waals surface area (Å²) in [6.45, 7) is 0. The van der Waals surface area contributed by atoms with Gasteiger partial charge in [0.2, 0.25) is 0 Å². The maximum atomic E-state index is 13.1. The molecular formula is C80H46N8. The molecule has 8 nitrogen and oxygen atoms in total. The van der Waals surface area contributed by atoms with Crippen molar-refractivity contribution in [1.29, 1.82) is 10.5 Å². The van der Waals surface area contributed by atoms with Gasteiger partial charge in [0.1, 0.15) is 23.3 Å². The number of nitriles is 2. The summed E-state index contributed by atoms with van der Waals surface area (Å²) in [7, 11) is 0. The van der Waals surface area contributed by atoms with E-state index in [0.717, 1.165) is 142 Å². The first-order valence-corrected chi connectivity index (χ1v) is 29.7. The maximum absolute atomic E-state index is 13.1. The van der Waals surface area contributed by atoms with Gasteiger partial charge in [0.15, 0.2) is 0 Å². The van der Waals surface area contributed by atoms with Crippen LogP contribution >= 0.6 is 0 Å². The fourth-order valence-corrected chi connectivity index (χ4v) is 15.3. The molecule has 19 rings (SSSR count). The molecular weight excluding hydrogens is 1070 g/mol. The van der Waals surface area contributed by atoms with E-state index in [2.05, 4.69) is 319 Å². The molecule has 8 heteroatoms. The summed E-state index contributed by atoms with van der Waals surface area (Å²) in [5.74, 6) is 0. The molecule has 0 atom stereocenters. The van der Waals surface area contributed by atoms with Crippen LogP contribution in [-0.2, 0) is 0 Å². The number of rotatable bonds is 6. The molecule has 0 aliphatic rings. The SMILES string of the molecule is N#Cc1c(-n2c3ccccc3c3ccccc32)c(-n2c3ccccc3c3ccc4c5ccccc5n(-c5ccccc5)c4c32)c(-n2c3ccccc3c3ccccc32)c(C#N)c1-n1c2ccccc2c2ccc3c4ccccc4n(-c4ccccc4)c3c21. The average Bonchev–Trinajstić information content (AvgIpc) is 1.49. The summed E-state index contributed by atoms with van der Waals surface area (Å²) in [5.41, 5.74) is 16.5. The van der Waals surface area contributed by atoms with Gasteiger partial charge in [0.25, 0.3) is 0 Å². The number of para-hydroxylation sites is 10. The Morgan fingerprint density at radius 2 is 0.398 bits per heavy atom. The fourth-order valence-electron chi connectivity index (χ4n) is 15.3. The molecule has 406 valence electrons. The van der Waals surface area contributed by atoms with Crippen molar-refractivity contribution < 1.29 is 0 Å². The summed E-state index contributed by atoms with van der Waals surface area (Å²) >= 11 is 0. The monoisotopic (exact) mass is 1120 g/mol. The standard InChI is InChI=1S/C80H46N8/c81-47-63-73(87-71-41-21-13-33-57(71)61-45-43-59-55-31-11-15-35-65(55)83(74(59)76(61)87)49-23-3-1-4-24-49)64(48-82)79(86-69-39-19-9-29-53(69)54-30-10-20-40-70(54)86)80(78(63)85-67-37-17-7-27-51(67)52-28-8-18-38-68(52)85)88-72-42-22-14-34-58(72)62-46-44-60-56-32-12-16-36-66(56)84(75(60)77(62)88)50-25-5-2-6-26-50/h1-46H. The first-order chi connectivity index (χ1) is 43.7. The van der Waals surface area contributed by atoms with E-state index in [4.69, 9.17) is 0 Å². The first kappa shape index (κ1) is 48.1. The minimum Gasteiger partial charge on any atom is -0.307 e. The minimum atomic E-state index is 0.339. The Kier molecular flexibility index (Phi) is 9.87. The summed E-state index contributed by atoms with van der Waals surface area (Å²) < 4.78 is 14.1. The Balaban J connectivity index is 1.15. The number of nitrogens with zero attached hydrogens (tertiary/aromatic N) is 8. The van der Waals surface area contributed by atoms with E-state index in [1.165, 1.54) is 0 Å². The van der Waals surface area contributed by atoms with Crippen LogP contribution in [0.15, 0.2) is 279 Å². The van der Waals surface area contributed by atoms with Gasteiger partial charge in [0.05, 0.1) is 88.9 Å². The molecule has 0 bridgehead atoms. The Bertz CT molecular complexity index is 6060. The third kappa shape index (κ3) is 6.24. The van der Waals surface area contributed by atoms with Crippen LogP contribution in [0.5, 0.6) is 0 Å². The zero-order chi connectivity index (χ0) is 57.9. The molecule has 13 aromatic carbocycles. The second kappa shape index (κ2) is 18.1. The van der Waals surface area contributed by atoms with Crippen molar-refractivity contribution in [1.82, 2.24) is 27.4 Å². The molecule has 0 aliphatic carbocycles. The number of benzene rings is 13. The lowest BCUT2D eigenvalue weighted by Gasteiger charge is -2.27. The van der Waals surface area contributed by atoms with Gasteiger partial charge in [-0.1, -0.05) is 206 Å². The number of aromatic nitrogens is 6. The Morgan fingerprint density at radius 3 is 0.682 bits per heavy atom. The molecule has 6 aromatic heterocycles. The van der Waals surface area contributed by atoms with Crippen LogP contribution in [0.1, 0.15) is 11.1 Å². The minimum absolute atomic E-state index is 0.339. The van der Waals surface area contributed by atoms with Crippen molar-refractivity contribution in [2.24, 2.45) is 0 Å². The highest BCUT2D eigenvalue weighted by Gasteiger charge is 2.36. The van der Waals surface area contributed by atoms with Crippen LogP contribution in [0.2, 0.25) is 0 Å². The van der Waals surface area contributed by atoms with Crippen molar-refractivity contribution >= 4 is 131 Å². The van der Waals surface area contributed by atoms with Crippen molar-refractivity contribution in [2.75, 3.05) is 0 Å². The molecule has 0 aliphatic heterocycles. The maximum Gasteiger partial charge on any atom is 0.104 e. The van der Waals surface area contributed by atoms with Crippen LogP contribution < -0.4 is 0 Å². The summed E-state index contributed by atoms with van der Waals surface area (Å²) in [4.78, 5) is 0. The molecule has 88 heavy (non-hydrogen) atoms. The van der Waals surface area contributed by atoms with E-state index in [0.29, 0.717) is 33.9 Å². The Hall–Kier alpha value is -12.4. The second-order valence-corrected chi connectivity index (χ2v) is 22.9. The van der Waals surface area contributed by atoms with Crippen molar-refractivity contribution in [3.63, 3.8) is 0 Å². The highest BCUT2D eigenvalue weighted by atomic mass is 15.1. The van der Waals surface area contributed by atoms with E-state index in [-0.39, 0.29) is 0 Å². The van der Waals surface area contributed by atoms with E-state index >= 15 is 0 Å². The average molecular weight is 1120 g/mol. The molecule has 0 saturated carbocycles. The van der Waals surface area contributed by atoms with Gasteiger partial charge in [-0.15, -0.1) is 0 Å². The molecule has 0 radical (unpaired) electrons. The third-order valence-electron chi connectivity index (χ3n) is 18.6. The second-order valence-electron chi connectivity index (χ2n) is 22.9. The van der Waals surface area contributed by atoms with Crippen LogP contribution in [0.25, 0.3) is 165 Å². The summed E-state index contributed by atoms with van der Waals surface area (Å²) in [6, 6.07) is 105. The van der Waals surface area contributed by atoms with Crippen molar-refractivity contribution in [2.45, 2.75) is 0 Å². The zero-order valence-corrected chi connectivity index (χ0v) is 47.1. The lowest BCUT2D eigenvalue weighted by atomic mass is 9.98. The molecule has 6 heterocycles. The van der Waals surface area contributed by atoms with E-state index < -0.39 is 0 Å². The van der Waals surface area contributed by atoms with Gasteiger partial charge in [-0.05, 0) is 72.8 Å². The zero-order valence-electron chi connectivity index (χ0n) is 47.1. The van der Waals surface area contributed by atoms with E-state index in [1.54, 1.807) is 0 Å². The van der Waals surface area contributed by atoms with Crippen LogP contribution in [0.3, 0.4) is 0 Å². The predicted octanol–water partition coefficient (Wildman–Crippen LogP) is 20.0. The van der Waals surface area contributed by atoms with Crippen LogP contribution in [0.4, 0.5) is 0 Å². The predicted molar refractivity (Wildman–Crippen MR) is 362 cm³/mol. The number of fused-ring (bicyclic) bond motifs is 20. The third-order valence-corrected chi connectivity index (χ3v) is 18.6. The largest absolute Gasteiger partial charge is 0.307 e. The highest BCUT2D eigenvalue weighted by molar-refractivity contribution is 6.27. The summed E-state index contributed by atoms with van der Waals surface area (Å²) in [6.07, 6.45) is 0. The molecule has 0 unspecified atom stereocenters. The lowest BCUT2D eigenvalue weighted by Crippen LogP contribution is -2.17. The van der Waals surface area contributed by atoms with Gasteiger partial charge in [-0.3, -0.25) is 0 Å². The molecule has 0 fully saturated rings. The summed E-state index contributed by atoms with van der Waals surface area (Å²) in [5, 5.41) is 38.8. The quantitative estimate of drug-likeness (QED) is 0.166. The molecule has 0 saturated heterocycles. The first-order valence-electron chi connectivity index (χ1n) is 29.7. The van der Waals surface area contributed by atoms with Crippen LogP contribution in [0, 0.1) is 22.7 Å². The van der Waals surface area contributed by atoms with Gasteiger partial charge in [-0.2, -0.15) is 10.5 Å². The molecule has 0 amide bonds. The van der Waals surface area contributed by atoms with Gasteiger partial charge in [-0.25, -0.2) is 0 Å².